The van der Waals surface area contributed by atoms with Crippen molar-refractivity contribution >= 4 is 5.91 Å². The summed E-state index contributed by atoms with van der Waals surface area (Å²) in [6.45, 7) is 4.50. The van der Waals surface area contributed by atoms with Crippen LogP contribution in [0.25, 0.3) is 0 Å². The van der Waals surface area contributed by atoms with E-state index in [2.05, 4.69) is 30.4 Å². The van der Waals surface area contributed by atoms with Gasteiger partial charge in [-0.1, -0.05) is 29.8 Å². The van der Waals surface area contributed by atoms with Crippen molar-refractivity contribution in [3.63, 3.8) is 0 Å². The molecule has 1 N–H and O–H groups in total. The minimum atomic E-state index is -0.248. The van der Waals surface area contributed by atoms with Gasteiger partial charge in [0.05, 0.1) is 12.0 Å². The van der Waals surface area contributed by atoms with Crippen LogP contribution in [0.1, 0.15) is 36.8 Å². The van der Waals surface area contributed by atoms with Crippen LogP contribution in [-0.4, -0.2) is 25.7 Å². The van der Waals surface area contributed by atoms with Crippen molar-refractivity contribution in [3.05, 3.63) is 35.4 Å². The minimum Gasteiger partial charge on any atom is -0.381 e. The zero-order valence-electron chi connectivity index (χ0n) is 12.2. The number of nitrogens with one attached hydrogen (secondary N) is 1. The fourth-order valence-electron chi connectivity index (χ4n) is 3.09. The SMILES string of the molecule is Cc1cccc(C2(C(=O)NC[C@H]3CCCOC3)CC2)c1. The highest BCUT2D eigenvalue weighted by atomic mass is 16.5. The summed E-state index contributed by atoms with van der Waals surface area (Å²) in [6, 6.07) is 8.36. The maximum Gasteiger partial charge on any atom is 0.230 e. The summed E-state index contributed by atoms with van der Waals surface area (Å²) in [5.74, 6) is 0.690. The molecule has 0 spiro atoms. The monoisotopic (exact) mass is 273 g/mol. The summed E-state index contributed by atoms with van der Waals surface area (Å²) in [5.41, 5.74) is 2.15. The average molecular weight is 273 g/mol. The van der Waals surface area contributed by atoms with E-state index in [9.17, 15) is 4.79 Å². The molecule has 3 rings (SSSR count). The molecule has 1 aliphatic carbocycles. The lowest BCUT2D eigenvalue weighted by molar-refractivity contribution is -0.124. The van der Waals surface area contributed by atoms with E-state index in [0.717, 1.165) is 45.4 Å². The molecule has 1 heterocycles. The molecule has 20 heavy (non-hydrogen) atoms. The van der Waals surface area contributed by atoms with Gasteiger partial charge in [-0.15, -0.1) is 0 Å². The van der Waals surface area contributed by atoms with E-state index in [1.807, 2.05) is 6.07 Å². The molecule has 1 aliphatic heterocycles. The molecule has 1 saturated heterocycles. The standard InChI is InChI=1S/C17H23NO2/c1-13-4-2-6-15(10-13)17(7-8-17)16(19)18-11-14-5-3-9-20-12-14/h2,4,6,10,14H,3,5,7-9,11-12H2,1H3,(H,18,19)/t14-/m1/s1. The summed E-state index contributed by atoms with van der Waals surface area (Å²) in [4.78, 5) is 12.5. The number of hydrogen-bond donors (Lipinski definition) is 1. The van der Waals surface area contributed by atoms with Gasteiger partial charge in [0.1, 0.15) is 0 Å². The second-order valence-electron chi connectivity index (χ2n) is 6.24. The van der Waals surface area contributed by atoms with E-state index < -0.39 is 0 Å². The fourth-order valence-corrected chi connectivity index (χ4v) is 3.09. The van der Waals surface area contributed by atoms with E-state index in [-0.39, 0.29) is 11.3 Å². The molecular formula is C17H23NO2. The van der Waals surface area contributed by atoms with Gasteiger partial charge < -0.3 is 10.1 Å². The second kappa shape index (κ2) is 5.57. The molecule has 0 bridgehead atoms. The van der Waals surface area contributed by atoms with Gasteiger partial charge in [-0.2, -0.15) is 0 Å². The summed E-state index contributed by atoms with van der Waals surface area (Å²) in [5, 5.41) is 3.15. The Balaban J connectivity index is 1.61. The van der Waals surface area contributed by atoms with Crippen LogP contribution in [0, 0.1) is 12.8 Å². The summed E-state index contributed by atoms with van der Waals surface area (Å²) in [6.07, 6.45) is 4.23. The van der Waals surface area contributed by atoms with Gasteiger partial charge in [-0.3, -0.25) is 4.79 Å². The van der Waals surface area contributed by atoms with E-state index in [0.29, 0.717) is 5.92 Å². The van der Waals surface area contributed by atoms with Crippen LogP contribution in [0.3, 0.4) is 0 Å². The number of amides is 1. The number of rotatable bonds is 4. The van der Waals surface area contributed by atoms with E-state index in [1.165, 1.54) is 11.1 Å². The van der Waals surface area contributed by atoms with E-state index in [1.54, 1.807) is 0 Å². The van der Waals surface area contributed by atoms with Crippen molar-refractivity contribution in [3.8, 4) is 0 Å². The van der Waals surface area contributed by atoms with Crippen LogP contribution >= 0.6 is 0 Å². The molecule has 0 aromatic heterocycles. The molecule has 2 aliphatic rings. The molecule has 3 heteroatoms. The van der Waals surface area contributed by atoms with E-state index in [4.69, 9.17) is 4.74 Å². The second-order valence-corrected chi connectivity index (χ2v) is 6.24. The molecule has 2 fully saturated rings. The van der Waals surface area contributed by atoms with Gasteiger partial charge >= 0.3 is 0 Å². The Morgan fingerprint density at radius 3 is 2.95 bits per heavy atom. The van der Waals surface area contributed by atoms with Crippen molar-refractivity contribution in [2.75, 3.05) is 19.8 Å². The molecule has 108 valence electrons. The van der Waals surface area contributed by atoms with Crippen molar-refractivity contribution < 1.29 is 9.53 Å². The Morgan fingerprint density at radius 1 is 1.45 bits per heavy atom. The normalized spacial score (nSPS) is 24.1. The Hall–Kier alpha value is -1.35. The zero-order chi connectivity index (χ0) is 14.0. The molecular weight excluding hydrogens is 250 g/mol. The van der Waals surface area contributed by atoms with Crippen LogP contribution < -0.4 is 5.32 Å². The molecule has 3 nitrogen and oxygen atoms in total. The number of carbonyl (C=O) groups is 1. The number of hydrogen-bond acceptors (Lipinski definition) is 2. The zero-order valence-corrected chi connectivity index (χ0v) is 12.2. The lowest BCUT2D eigenvalue weighted by Crippen LogP contribution is -2.39. The van der Waals surface area contributed by atoms with Gasteiger partial charge in [0, 0.05) is 13.2 Å². The summed E-state index contributed by atoms with van der Waals surface area (Å²) < 4.78 is 5.46. The first-order chi connectivity index (χ1) is 9.71. The first-order valence-corrected chi connectivity index (χ1v) is 7.64. The average Bonchev–Trinajstić information content (AvgIpc) is 3.28. The smallest absolute Gasteiger partial charge is 0.230 e. The lowest BCUT2D eigenvalue weighted by atomic mass is 9.93. The van der Waals surface area contributed by atoms with Crippen molar-refractivity contribution in [1.29, 1.82) is 0 Å². The fraction of sp³-hybridized carbons (Fsp3) is 0.588. The van der Waals surface area contributed by atoms with E-state index >= 15 is 0 Å². The third-order valence-electron chi connectivity index (χ3n) is 4.56. The highest BCUT2D eigenvalue weighted by Gasteiger charge is 2.51. The van der Waals surface area contributed by atoms with Crippen LogP contribution in [0.4, 0.5) is 0 Å². The predicted octanol–water partition coefficient (Wildman–Crippen LogP) is 2.57. The molecule has 0 unspecified atom stereocenters. The number of ether oxygens (including phenoxy) is 1. The highest BCUT2D eigenvalue weighted by Crippen LogP contribution is 2.48. The molecule has 1 aromatic carbocycles. The number of carbonyl (C=O) groups excluding carboxylic acids is 1. The Labute approximate surface area is 120 Å². The topological polar surface area (TPSA) is 38.3 Å². The molecule has 0 radical (unpaired) electrons. The van der Waals surface area contributed by atoms with Crippen LogP contribution in [0.15, 0.2) is 24.3 Å². The largest absolute Gasteiger partial charge is 0.381 e. The van der Waals surface area contributed by atoms with Crippen molar-refractivity contribution in [1.82, 2.24) is 5.32 Å². The maximum absolute atomic E-state index is 12.5. The maximum atomic E-state index is 12.5. The minimum absolute atomic E-state index is 0.202. The van der Waals surface area contributed by atoms with Crippen molar-refractivity contribution in [2.24, 2.45) is 5.92 Å². The van der Waals surface area contributed by atoms with Gasteiger partial charge in [0.2, 0.25) is 5.91 Å². The quantitative estimate of drug-likeness (QED) is 0.915. The predicted molar refractivity (Wildman–Crippen MR) is 78.6 cm³/mol. The Bertz CT molecular complexity index is 488. The van der Waals surface area contributed by atoms with Gasteiger partial charge in [0.15, 0.2) is 0 Å². The lowest BCUT2D eigenvalue weighted by Gasteiger charge is -2.24. The van der Waals surface area contributed by atoms with Gasteiger partial charge in [-0.05, 0) is 44.1 Å². The number of benzene rings is 1. The molecule has 1 amide bonds. The Morgan fingerprint density at radius 2 is 2.30 bits per heavy atom. The van der Waals surface area contributed by atoms with Crippen LogP contribution in [-0.2, 0) is 14.9 Å². The number of aryl methyl sites for hydroxylation is 1. The Kier molecular flexibility index (Phi) is 3.79. The summed E-state index contributed by atoms with van der Waals surface area (Å²) in [7, 11) is 0. The highest BCUT2D eigenvalue weighted by molar-refractivity contribution is 5.91. The summed E-state index contributed by atoms with van der Waals surface area (Å²) >= 11 is 0. The molecule has 1 atom stereocenters. The van der Waals surface area contributed by atoms with Crippen LogP contribution in [0.5, 0.6) is 0 Å². The third-order valence-corrected chi connectivity index (χ3v) is 4.56. The first-order valence-electron chi connectivity index (χ1n) is 7.64. The molecule has 1 aromatic rings. The first kappa shape index (κ1) is 13.6. The molecule has 1 saturated carbocycles. The van der Waals surface area contributed by atoms with Gasteiger partial charge in [0.25, 0.3) is 0 Å². The van der Waals surface area contributed by atoms with Gasteiger partial charge in [-0.25, -0.2) is 0 Å². The van der Waals surface area contributed by atoms with Crippen LogP contribution in [0.2, 0.25) is 0 Å². The third kappa shape index (κ3) is 2.73. The van der Waals surface area contributed by atoms with Crippen molar-refractivity contribution in [2.45, 2.75) is 38.0 Å².